The van der Waals surface area contributed by atoms with Crippen molar-refractivity contribution >= 4 is 124 Å². The lowest BCUT2D eigenvalue weighted by molar-refractivity contribution is 0.0585. The van der Waals surface area contributed by atoms with Crippen molar-refractivity contribution in [3.8, 4) is 34.5 Å². The number of methoxy groups -OCH3 is 3. The topological polar surface area (TPSA) is 190 Å². The maximum absolute atomic E-state index is 15.1. The van der Waals surface area contributed by atoms with Gasteiger partial charge in [-0.25, -0.2) is 14.5 Å². The number of ether oxygens (including phenoxy) is 8. The Labute approximate surface area is 508 Å². The molecule has 2 N–H and O–H groups in total. The SMILES string of the molecule is COc1ccc(C2=CN3C(=O)c4cc(OC)c(OCCCOc5cc6c(cc5OC)C(=O)N5C=C(c7ccc(OCCN)cc7)CC5[C@@H](O[Si](C)(C)C(C)(C)C)N6C(=O)OCC(Cl)(Cl)Cl)cc4N(C(=O)OCC(Cl)(Cl)Cl)[C@H](C)C3C2)cc1. The normalized spacial score (nSPS) is 19.0. The molecule has 0 radical (unpaired) electrons. The molecule has 0 saturated heterocycles. The van der Waals surface area contributed by atoms with E-state index in [1.54, 1.807) is 35.4 Å². The number of benzene rings is 4. The molecule has 4 aromatic rings. The van der Waals surface area contributed by atoms with Crippen LogP contribution in [0.1, 0.15) is 78.8 Å². The van der Waals surface area contributed by atoms with E-state index < -0.39 is 77.5 Å². The molecule has 4 aromatic carbocycles. The number of halogens is 6. The minimum atomic E-state index is -2.80. The fourth-order valence-electron chi connectivity index (χ4n) is 9.76. The lowest BCUT2D eigenvalue weighted by Gasteiger charge is -2.44. The van der Waals surface area contributed by atoms with Gasteiger partial charge in [0.1, 0.15) is 31.3 Å². The first-order valence-electron chi connectivity index (χ1n) is 26.2. The van der Waals surface area contributed by atoms with E-state index in [0.717, 1.165) is 22.3 Å². The molecule has 442 valence electrons. The second-order valence-corrected chi connectivity index (χ2v) is 31.1. The van der Waals surface area contributed by atoms with Gasteiger partial charge in [-0.3, -0.25) is 14.5 Å². The summed E-state index contributed by atoms with van der Waals surface area (Å²) in [7, 11) is 1.64. The van der Waals surface area contributed by atoms with Crippen LogP contribution in [-0.4, -0.2) is 135 Å². The molecule has 0 fully saturated rings. The second-order valence-electron chi connectivity index (χ2n) is 21.3. The Morgan fingerprint density at radius 1 is 0.610 bits per heavy atom. The summed E-state index contributed by atoms with van der Waals surface area (Å²) in [6.45, 7) is 11.7. The molecule has 0 saturated carbocycles. The third kappa shape index (κ3) is 13.9. The molecule has 0 aliphatic carbocycles. The summed E-state index contributed by atoms with van der Waals surface area (Å²) in [5.74, 6) is 1.21. The zero-order valence-electron chi connectivity index (χ0n) is 46.7. The zero-order chi connectivity index (χ0) is 59.6. The van der Waals surface area contributed by atoms with E-state index in [1.807, 2.05) is 68.5 Å². The number of fused-ring (bicyclic) bond motifs is 4. The Balaban J connectivity index is 1.09. The van der Waals surface area contributed by atoms with Crippen LogP contribution in [0.3, 0.4) is 0 Å². The third-order valence-corrected chi connectivity index (χ3v) is 20.0. The molecule has 4 aliphatic heterocycles. The van der Waals surface area contributed by atoms with Crippen LogP contribution < -0.4 is 44.0 Å². The standard InChI is InChI=1S/C57H65Cl6N5O13Si/c1-33-42-23-36(34-11-15-38(73-5)16-12-34)29-65(42)50(69)40-25-46(74-6)48(27-43(40)67(33)53(71)79-31-56(58,59)60)77-20-10-21-78-49-28-44-41(26-47(49)75-7)51(70)66-30-37(35-13-17-39(18-14-35)76-22-19-64)24-45(66)52(81-82(8,9)55(2,3)4)68(44)54(72)80-32-57(61,62)63/h11-18,25-30,33,42,45,52H,10,19-24,31-32,64H2,1-9H3/t33-,42?,45?,52-/m1/s1. The second kappa shape index (κ2) is 25.4. The largest absolute Gasteiger partial charge is 0.497 e. The first-order valence-corrected chi connectivity index (χ1v) is 31.4. The van der Waals surface area contributed by atoms with Gasteiger partial charge in [0, 0.05) is 37.5 Å². The molecular weight excluding hydrogens is 1200 g/mol. The predicted molar refractivity (Wildman–Crippen MR) is 320 cm³/mol. The van der Waals surface area contributed by atoms with Crippen molar-refractivity contribution in [1.29, 1.82) is 0 Å². The zero-order valence-corrected chi connectivity index (χ0v) is 52.2. The molecule has 4 amide bonds. The molecule has 18 nitrogen and oxygen atoms in total. The van der Waals surface area contributed by atoms with Crippen LogP contribution >= 0.6 is 69.6 Å². The van der Waals surface area contributed by atoms with Crippen molar-refractivity contribution in [3.05, 3.63) is 107 Å². The number of anilines is 2. The highest BCUT2D eigenvalue weighted by Gasteiger charge is 2.52. The fourth-order valence-corrected chi connectivity index (χ4v) is 11.3. The Kier molecular flexibility index (Phi) is 19.4. The number of carbonyl (C=O) groups excluding carboxylic acids is 4. The van der Waals surface area contributed by atoms with Gasteiger partial charge in [0.25, 0.3) is 11.8 Å². The summed E-state index contributed by atoms with van der Waals surface area (Å²) >= 11 is 36.6. The molecule has 2 unspecified atom stereocenters. The summed E-state index contributed by atoms with van der Waals surface area (Å²) in [6, 6.07) is 19.1. The van der Waals surface area contributed by atoms with Crippen LogP contribution in [0.5, 0.6) is 34.5 Å². The number of hydrogen-bond acceptors (Lipinski definition) is 14. The van der Waals surface area contributed by atoms with Gasteiger partial charge in [-0.15, -0.1) is 0 Å². The van der Waals surface area contributed by atoms with E-state index in [4.69, 9.17) is 118 Å². The maximum atomic E-state index is 15.1. The quantitative estimate of drug-likeness (QED) is 0.0562. The van der Waals surface area contributed by atoms with Crippen molar-refractivity contribution < 1.29 is 61.5 Å². The van der Waals surface area contributed by atoms with Gasteiger partial charge in [-0.2, -0.15) is 0 Å². The van der Waals surface area contributed by atoms with Crippen molar-refractivity contribution in [2.75, 3.05) is 70.7 Å². The molecule has 0 spiro atoms. The van der Waals surface area contributed by atoms with E-state index in [-0.39, 0.29) is 76.6 Å². The van der Waals surface area contributed by atoms with E-state index >= 15 is 4.79 Å². The fraction of sp³-hybridized carbons (Fsp3) is 0.439. The van der Waals surface area contributed by atoms with Crippen LogP contribution in [0.25, 0.3) is 11.1 Å². The van der Waals surface area contributed by atoms with Crippen LogP contribution in [0.2, 0.25) is 18.1 Å². The molecular formula is C57H65Cl6N5O13Si. The third-order valence-electron chi connectivity index (χ3n) is 14.9. The maximum Gasteiger partial charge on any atom is 0.416 e. The van der Waals surface area contributed by atoms with Crippen LogP contribution in [-0.2, 0) is 13.9 Å². The Hall–Kier alpha value is -5.48. The van der Waals surface area contributed by atoms with Crippen molar-refractivity contribution in [1.82, 2.24) is 9.80 Å². The van der Waals surface area contributed by atoms with Crippen molar-refractivity contribution in [3.63, 3.8) is 0 Å². The molecule has 82 heavy (non-hydrogen) atoms. The molecule has 8 rings (SSSR count). The number of nitrogens with zero attached hydrogens (tertiary/aromatic N) is 4. The van der Waals surface area contributed by atoms with Gasteiger partial charge >= 0.3 is 12.2 Å². The first kappa shape index (κ1) is 62.6. The van der Waals surface area contributed by atoms with Gasteiger partial charge in [0.05, 0.1) is 75.2 Å². The minimum Gasteiger partial charge on any atom is -0.497 e. The summed E-state index contributed by atoms with van der Waals surface area (Å²) in [6.07, 6.45) is 1.55. The Bertz CT molecular complexity index is 3100. The lowest BCUT2D eigenvalue weighted by atomic mass is 9.98. The van der Waals surface area contributed by atoms with E-state index in [0.29, 0.717) is 31.1 Å². The van der Waals surface area contributed by atoms with Crippen LogP contribution in [0, 0.1) is 0 Å². The van der Waals surface area contributed by atoms with Gasteiger partial charge < -0.3 is 57.9 Å². The Morgan fingerprint density at radius 2 is 1.06 bits per heavy atom. The van der Waals surface area contributed by atoms with Gasteiger partial charge in [-0.05, 0) is 96.6 Å². The average molecular weight is 1270 g/mol. The molecule has 4 aliphatic rings. The highest BCUT2D eigenvalue weighted by Crippen LogP contribution is 2.48. The Morgan fingerprint density at radius 3 is 1.51 bits per heavy atom. The van der Waals surface area contributed by atoms with Crippen molar-refractivity contribution in [2.24, 2.45) is 5.73 Å². The first-order chi connectivity index (χ1) is 38.7. The monoisotopic (exact) mass is 1270 g/mol. The molecule has 0 bridgehead atoms. The number of nitrogens with two attached hydrogens (primary N) is 1. The summed E-state index contributed by atoms with van der Waals surface area (Å²) in [5, 5.41) is -0.358. The van der Waals surface area contributed by atoms with E-state index in [2.05, 4.69) is 20.8 Å². The minimum absolute atomic E-state index is 0.0133. The van der Waals surface area contributed by atoms with Gasteiger partial charge in [0.15, 0.2) is 37.5 Å². The van der Waals surface area contributed by atoms with Crippen LogP contribution in [0.4, 0.5) is 21.0 Å². The van der Waals surface area contributed by atoms with Crippen LogP contribution in [0.15, 0.2) is 85.2 Å². The van der Waals surface area contributed by atoms with Crippen molar-refractivity contribution in [2.45, 2.75) is 97.0 Å². The number of hydrogen-bond donors (Lipinski definition) is 1. The van der Waals surface area contributed by atoms with Gasteiger partial charge in [0.2, 0.25) is 7.59 Å². The summed E-state index contributed by atoms with van der Waals surface area (Å²) in [4.78, 5) is 64.5. The molecule has 4 heterocycles. The molecule has 4 atom stereocenters. The van der Waals surface area contributed by atoms with E-state index in [1.165, 1.54) is 42.2 Å². The highest BCUT2D eigenvalue weighted by molar-refractivity contribution is 6.74. The number of rotatable bonds is 18. The average Bonchev–Trinajstić information content (AvgIpc) is 4.05. The summed E-state index contributed by atoms with van der Waals surface area (Å²) < 4.78 is 50.1. The molecule has 0 aromatic heterocycles. The smallest absolute Gasteiger partial charge is 0.416 e. The number of alkyl halides is 6. The number of amides is 4. The molecule has 25 heteroatoms. The predicted octanol–water partition coefficient (Wildman–Crippen LogP) is 12.8. The van der Waals surface area contributed by atoms with Gasteiger partial charge in [-0.1, -0.05) is 115 Å². The van der Waals surface area contributed by atoms with E-state index in [9.17, 15) is 14.4 Å². The summed E-state index contributed by atoms with van der Waals surface area (Å²) in [5.41, 5.74) is 9.53. The highest BCUT2D eigenvalue weighted by atomic mass is 35.6. The number of carbonyl (C=O) groups is 4. The lowest BCUT2D eigenvalue weighted by Crippen LogP contribution is -2.58.